The molecule has 6 heteroatoms. The van der Waals surface area contributed by atoms with Gasteiger partial charge in [0.15, 0.2) is 0 Å². The van der Waals surface area contributed by atoms with Crippen LogP contribution in [0.2, 0.25) is 0 Å². The fraction of sp³-hybridized carbons (Fsp3) is 0.636. The van der Waals surface area contributed by atoms with Crippen molar-refractivity contribution in [1.82, 2.24) is 15.5 Å². The molecule has 5 nitrogen and oxygen atoms in total. The van der Waals surface area contributed by atoms with Crippen LogP contribution in [0.5, 0.6) is 0 Å². The van der Waals surface area contributed by atoms with Gasteiger partial charge in [-0.25, -0.2) is 0 Å². The van der Waals surface area contributed by atoms with Gasteiger partial charge in [-0.1, -0.05) is 19.3 Å². The third kappa shape index (κ3) is 3.71. The van der Waals surface area contributed by atoms with Gasteiger partial charge in [-0.3, -0.25) is 9.89 Å². The molecule has 1 aromatic heterocycles. The Morgan fingerprint density at radius 1 is 1.47 bits per heavy atom. The molecule has 0 spiro atoms. The van der Waals surface area contributed by atoms with Crippen molar-refractivity contribution in [2.24, 2.45) is 5.73 Å². The summed E-state index contributed by atoms with van der Waals surface area (Å²) in [5.41, 5.74) is 6.49. The van der Waals surface area contributed by atoms with E-state index >= 15 is 0 Å². The molecule has 1 saturated carbocycles. The number of carbonyl (C=O) groups is 1. The van der Waals surface area contributed by atoms with Crippen LogP contribution in [-0.2, 0) is 0 Å². The minimum absolute atomic E-state index is 0. The molecule has 1 heterocycles. The second-order valence-corrected chi connectivity index (χ2v) is 4.58. The lowest BCUT2D eigenvalue weighted by atomic mass is 9.82. The van der Waals surface area contributed by atoms with Gasteiger partial charge in [-0.15, -0.1) is 12.4 Å². The number of aromatic amines is 1. The van der Waals surface area contributed by atoms with Crippen LogP contribution in [0.15, 0.2) is 12.3 Å². The summed E-state index contributed by atoms with van der Waals surface area (Å²) >= 11 is 0. The highest BCUT2D eigenvalue weighted by atomic mass is 35.5. The van der Waals surface area contributed by atoms with Gasteiger partial charge in [0.25, 0.3) is 5.91 Å². The van der Waals surface area contributed by atoms with Crippen molar-refractivity contribution in [2.75, 3.05) is 6.54 Å². The third-order valence-electron chi connectivity index (χ3n) is 3.20. The van der Waals surface area contributed by atoms with Crippen LogP contribution in [-0.4, -0.2) is 28.2 Å². The molecule has 1 aliphatic rings. The quantitative estimate of drug-likeness (QED) is 0.762. The van der Waals surface area contributed by atoms with Crippen molar-refractivity contribution >= 4 is 18.3 Å². The summed E-state index contributed by atoms with van der Waals surface area (Å²) in [6.45, 7) is 0.546. The molecule has 0 bridgehead atoms. The predicted octanol–water partition coefficient (Wildman–Crippen LogP) is 1.22. The Bertz CT molecular complexity index is 346. The Morgan fingerprint density at radius 3 is 2.76 bits per heavy atom. The molecule has 1 fully saturated rings. The van der Waals surface area contributed by atoms with Gasteiger partial charge in [-0.05, 0) is 18.9 Å². The normalized spacial score (nSPS) is 18.2. The van der Waals surface area contributed by atoms with Gasteiger partial charge in [0.1, 0.15) is 5.69 Å². The summed E-state index contributed by atoms with van der Waals surface area (Å²) in [4.78, 5) is 11.7. The lowest BCUT2D eigenvalue weighted by Crippen LogP contribution is -2.51. The molecule has 0 aromatic carbocycles. The van der Waals surface area contributed by atoms with Gasteiger partial charge in [-0.2, -0.15) is 5.10 Å². The zero-order valence-electron chi connectivity index (χ0n) is 9.74. The van der Waals surface area contributed by atoms with E-state index in [-0.39, 0.29) is 23.9 Å². The number of carbonyl (C=O) groups excluding carboxylic acids is 1. The number of hydrogen-bond donors (Lipinski definition) is 3. The molecular weight excluding hydrogens is 240 g/mol. The van der Waals surface area contributed by atoms with Gasteiger partial charge in [0, 0.05) is 18.3 Å². The van der Waals surface area contributed by atoms with Crippen LogP contribution in [0.25, 0.3) is 0 Å². The number of hydrogen-bond acceptors (Lipinski definition) is 3. The van der Waals surface area contributed by atoms with Crippen molar-refractivity contribution in [3.63, 3.8) is 0 Å². The molecule has 0 saturated heterocycles. The van der Waals surface area contributed by atoms with E-state index in [1.165, 1.54) is 6.42 Å². The van der Waals surface area contributed by atoms with E-state index in [0.29, 0.717) is 12.2 Å². The van der Waals surface area contributed by atoms with Crippen LogP contribution >= 0.6 is 12.4 Å². The number of H-pyrrole nitrogens is 1. The third-order valence-corrected chi connectivity index (χ3v) is 3.20. The summed E-state index contributed by atoms with van der Waals surface area (Å²) in [5, 5.41) is 9.23. The van der Waals surface area contributed by atoms with Gasteiger partial charge >= 0.3 is 0 Å². The summed E-state index contributed by atoms with van der Waals surface area (Å²) in [6.07, 6.45) is 7.14. The minimum atomic E-state index is -0.214. The zero-order valence-corrected chi connectivity index (χ0v) is 10.6. The molecule has 1 amide bonds. The molecule has 96 valence electrons. The summed E-state index contributed by atoms with van der Waals surface area (Å²) < 4.78 is 0. The number of nitrogens with zero attached hydrogens (tertiary/aromatic N) is 1. The van der Waals surface area contributed by atoms with Crippen molar-refractivity contribution < 1.29 is 4.79 Å². The predicted molar refractivity (Wildman–Crippen MR) is 68.2 cm³/mol. The first-order valence-corrected chi connectivity index (χ1v) is 5.76. The SMILES string of the molecule is Cl.NC1(CNC(=O)c2ccn[nH]2)CCCCC1. The molecular formula is C11H19ClN4O. The Morgan fingerprint density at radius 2 is 2.18 bits per heavy atom. The summed E-state index contributed by atoms with van der Waals surface area (Å²) in [7, 11) is 0. The summed E-state index contributed by atoms with van der Waals surface area (Å²) in [5.74, 6) is -0.132. The number of nitrogens with two attached hydrogens (primary N) is 1. The van der Waals surface area contributed by atoms with Crippen LogP contribution in [0.4, 0.5) is 0 Å². The molecule has 0 aliphatic heterocycles. The second-order valence-electron chi connectivity index (χ2n) is 4.58. The number of amides is 1. The molecule has 4 N–H and O–H groups in total. The van der Waals surface area contributed by atoms with E-state index in [4.69, 9.17) is 5.73 Å². The Kier molecular flexibility index (Phi) is 4.96. The molecule has 2 rings (SSSR count). The first-order valence-electron chi connectivity index (χ1n) is 5.76. The van der Waals surface area contributed by atoms with Crippen LogP contribution < -0.4 is 11.1 Å². The topological polar surface area (TPSA) is 83.8 Å². The molecule has 1 aromatic rings. The maximum atomic E-state index is 11.7. The number of halogens is 1. The Hall–Kier alpha value is -1.07. The van der Waals surface area contributed by atoms with Crippen LogP contribution in [0.1, 0.15) is 42.6 Å². The number of rotatable bonds is 3. The van der Waals surface area contributed by atoms with E-state index in [0.717, 1.165) is 25.7 Å². The molecule has 0 atom stereocenters. The highest BCUT2D eigenvalue weighted by molar-refractivity contribution is 5.92. The largest absolute Gasteiger partial charge is 0.349 e. The zero-order chi connectivity index (χ0) is 11.4. The van der Waals surface area contributed by atoms with Crippen molar-refractivity contribution in [3.05, 3.63) is 18.0 Å². The number of nitrogens with one attached hydrogen (secondary N) is 2. The molecule has 0 radical (unpaired) electrons. The fourth-order valence-corrected chi connectivity index (χ4v) is 2.17. The van der Waals surface area contributed by atoms with Gasteiger partial charge in [0.2, 0.25) is 0 Å². The monoisotopic (exact) mass is 258 g/mol. The summed E-state index contributed by atoms with van der Waals surface area (Å²) in [6, 6.07) is 1.65. The van der Waals surface area contributed by atoms with E-state index < -0.39 is 0 Å². The maximum absolute atomic E-state index is 11.7. The van der Waals surface area contributed by atoms with Crippen LogP contribution in [0.3, 0.4) is 0 Å². The van der Waals surface area contributed by atoms with Crippen LogP contribution in [0, 0.1) is 0 Å². The average molecular weight is 259 g/mol. The Labute approximate surface area is 107 Å². The number of aromatic nitrogens is 2. The van der Waals surface area contributed by atoms with E-state index in [2.05, 4.69) is 15.5 Å². The molecule has 0 unspecified atom stereocenters. The molecule has 17 heavy (non-hydrogen) atoms. The lowest BCUT2D eigenvalue weighted by Gasteiger charge is -2.33. The standard InChI is InChI=1S/C11H18N4O.ClH/c12-11(5-2-1-3-6-11)8-13-10(16)9-4-7-14-15-9;/h4,7H,1-3,5-6,8,12H2,(H,13,16)(H,14,15);1H. The first kappa shape index (κ1) is 14.0. The average Bonchev–Trinajstić information content (AvgIpc) is 2.80. The smallest absolute Gasteiger partial charge is 0.269 e. The highest BCUT2D eigenvalue weighted by Gasteiger charge is 2.27. The highest BCUT2D eigenvalue weighted by Crippen LogP contribution is 2.25. The first-order chi connectivity index (χ1) is 7.70. The maximum Gasteiger partial charge on any atom is 0.269 e. The van der Waals surface area contributed by atoms with E-state index in [9.17, 15) is 4.79 Å². The second kappa shape index (κ2) is 6.02. The van der Waals surface area contributed by atoms with Crippen molar-refractivity contribution in [1.29, 1.82) is 0 Å². The van der Waals surface area contributed by atoms with E-state index in [1.807, 2.05) is 0 Å². The van der Waals surface area contributed by atoms with Crippen molar-refractivity contribution in [3.8, 4) is 0 Å². The molecule has 1 aliphatic carbocycles. The Balaban J connectivity index is 0.00000144. The fourth-order valence-electron chi connectivity index (χ4n) is 2.17. The van der Waals surface area contributed by atoms with Gasteiger partial charge in [0.05, 0.1) is 0 Å². The van der Waals surface area contributed by atoms with Crippen molar-refractivity contribution in [2.45, 2.75) is 37.6 Å². The minimum Gasteiger partial charge on any atom is -0.349 e. The van der Waals surface area contributed by atoms with E-state index in [1.54, 1.807) is 12.3 Å². The lowest BCUT2D eigenvalue weighted by molar-refractivity contribution is 0.0932. The van der Waals surface area contributed by atoms with Gasteiger partial charge < -0.3 is 11.1 Å².